The van der Waals surface area contributed by atoms with E-state index in [9.17, 15) is 27.5 Å². The first-order chi connectivity index (χ1) is 10.7. The second-order valence-electron chi connectivity index (χ2n) is 4.51. The molecule has 8 heteroatoms. The predicted molar refractivity (Wildman–Crippen MR) is 71.1 cm³/mol. The van der Waals surface area contributed by atoms with Crippen LogP contribution < -0.4 is 4.74 Å². The van der Waals surface area contributed by atoms with E-state index in [0.29, 0.717) is 0 Å². The number of alkyl halides is 3. The third kappa shape index (κ3) is 3.98. The molecule has 1 atom stereocenters. The summed E-state index contributed by atoms with van der Waals surface area (Å²) in [7, 11) is 0. The monoisotopic (exact) mass is 330 g/mol. The van der Waals surface area contributed by atoms with Gasteiger partial charge in [0.05, 0.1) is 0 Å². The Morgan fingerprint density at radius 2 is 1.70 bits per heavy atom. The molecule has 0 fully saturated rings. The molecule has 2 aromatic rings. The van der Waals surface area contributed by atoms with Crippen LogP contribution in [-0.2, 0) is 4.79 Å². The fraction of sp³-hybridized carbons (Fsp3) is 0.133. The van der Waals surface area contributed by atoms with E-state index >= 15 is 0 Å². The van der Waals surface area contributed by atoms with Crippen molar-refractivity contribution < 1.29 is 37.3 Å². The Hall–Kier alpha value is -2.61. The molecule has 0 heterocycles. The molecule has 0 saturated heterocycles. The van der Waals surface area contributed by atoms with Crippen LogP contribution >= 0.6 is 0 Å². The van der Waals surface area contributed by atoms with Crippen molar-refractivity contribution in [2.45, 2.75) is 12.5 Å². The Labute approximate surface area is 127 Å². The van der Waals surface area contributed by atoms with Gasteiger partial charge in [0.2, 0.25) is 0 Å². The molecule has 2 rings (SSSR count). The van der Waals surface area contributed by atoms with Crippen molar-refractivity contribution in [3.8, 4) is 16.9 Å². The summed E-state index contributed by atoms with van der Waals surface area (Å²) >= 11 is 0. The highest BCUT2D eigenvalue weighted by atomic mass is 19.4. The third-order valence-electron chi connectivity index (χ3n) is 2.96. The fourth-order valence-electron chi connectivity index (χ4n) is 2.03. The first-order valence-electron chi connectivity index (χ1n) is 6.24. The Bertz CT molecular complexity index is 710. The smallest absolute Gasteiger partial charge is 0.479 e. The van der Waals surface area contributed by atoms with Crippen LogP contribution in [0, 0.1) is 5.82 Å². The SMILES string of the molecule is O=C(O)C(O)c1c(F)cccc1-c1ccc(OC(F)(F)F)cc1. The first-order valence-corrected chi connectivity index (χ1v) is 6.24. The number of ether oxygens (including phenoxy) is 1. The van der Waals surface area contributed by atoms with Gasteiger partial charge >= 0.3 is 12.3 Å². The van der Waals surface area contributed by atoms with Crippen LogP contribution in [0.3, 0.4) is 0 Å². The zero-order valence-corrected chi connectivity index (χ0v) is 11.3. The zero-order chi connectivity index (χ0) is 17.2. The Morgan fingerprint density at radius 1 is 1.09 bits per heavy atom. The van der Waals surface area contributed by atoms with E-state index in [0.717, 1.165) is 18.2 Å². The minimum atomic E-state index is -4.84. The molecule has 4 nitrogen and oxygen atoms in total. The van der Waals surface area contributed by atoms with Crippen LogP contribution in [0.2, 0.25) is 0 Å². The molecule has 23 heavy (non-hydrogen) atoms. The van der Waals surface area contributed by atoms with Gasteiger partial charge in [-0.3, -0.25) is 0 Å². The van der Waals surface area contributed by atoms with Gasteiger partial charge in [-0.2, -0.15) is 0 Å². The number of hydrogen-bond acceptors (Lipinski definition) is 3. The molecular weight excluding hydrogens is 320 g/mol. The number of carbonyl (C=O) groups is 1. The highest BCUT2D eigenvalue weighted by Crippen LogP contribution is 2.32. The molecular formula is C15H10F4O4. The molecule has 0 aliphatic rings. The number of benzene rings is 2. The van der Waals surface area contributed by atoms with E-state index in [2.05, 4.69) is 4.74 Å². The molecule has 0 aliphatic carbocycles. The van der Waals surface area contributed by atoms with Crippen LogP contribution in [0.1, 0.15) is 11.7 Å². The zero-order valence-electron chi connectivity index (χ0n) is 11.3. The maximum atomic E-state index is 13.9. The molecule has 0 amide bonds. The summed E-state index contributed by atoms with van der Waals surface area (Å²) in [4.78, 5) is 10.9. The van der Waals surface area contributed by atoms with Gasteiger partial charge in [-0.1, -0.05) is 24.3 Å². The van der Waals surface area contributed by atoms with Gasteiger partial charge in [-0.25, -0.2) is 9.18 Å². The third-order valence-corrected chi connectivity index (χ3v) is 2.96. The van der Waals surface area contributed by atoms with Gasteiger partial charge in [0, 0.05) is 5.56 Å². The van der Waals surface area contributed by atoms with Gasteiger partial charge in [0.1, 0.15) is 11.6 Å². The normalized spacial score (nSPS) is 12.7. The Kier molecular flexibility index (Phi) is 4.55. The largest absolute Gasteiger partial charge is 0.573 e. The van der Waals surface area contributed by atoms with E-state index in [1.54, 1.807) is 0 Å². The summed E-state index contributed by atoms with van der Waals surface area (Å²) in [5.74, 6) is -3.06. The molecule has 0 aliphatic heterocycles. The van der Waals surface area contributed by atoms with Crippen LogP contribution in [-0.4, -0.2) is 22.5 Å². The standard InChI is InChI=1S/C15H10F4O4/c16-11-3-1-2-10(12(11)13(20)14(21)22)8-4-6-9(7-5-8)23-15(17,18)19/h1-7,13,20H,(H,21,22). The molecule has 0 spiro atoms. The minimum absolute atomic E-state index is 0.0541. The molecule has 1 unspecified atom stereocenters. The van der Waals surface area contributed by atoms with E-state index in [1.165, 1.54) is 24.3 Å². The van der Waals surface area contributed by atoms with Crippen molar-refractivity contribution in [1.29, 1.82) is 0 Å². The molecule has 2 N–H and O–H groups in total. The van der Waals surface area contributed by atoms with Crippen molar-refractivity contribution in [3.63, 3.8) is 0 Å². The van der Waals surface area contributed by atoms with E-state index in [-0.39, 0.29) is 11.1 Å². The number of hydrogen-bond donors (Lipinski definition) is 2. The molecule has 0 aromatic heterocycles. The first kappa shape index (κ1) is 16.8. The second-order valence-corrected chi connectivity index (χ2v) is 4.51. The van der Waals surface area contributed by atoms with Crippen molar-refractivity contribution in [1.82, 2.24) is 0 Å². The van der Waals surface area contributed by atoms with Gasteiger partial charge < -0.3 is 14.9 Å². The molecule has 2 aromatic carbocycles. The number of aliphatic carboxylic acids is 1. The molecule has 0 radical (unpaired) electrons. The summed E-state index contributed by atoms with van der Waals surface area (Å²) in [6.07, 6.45) is -6.94. The van der Waals surface area contributed by atoms with E-state index < -0.39 is 35.6 Å². The Balaban J connectivity index is 2.43. The van der Waals surface area contributed by atoms with Gasteiger partial charge in [0.15, 0.2) is 6.10 Å². The molecule has 0 bridgehead atoms. The van der Waals surface area contributed by atoms with Crippen LogP contribution in [0.5, 0.6) is 5.75 Å². The lowest BCUT2D eigenvalue weighted by atomic mass is 9.95. The summed E-state index contributed by atoms with van der Waals surface area (Å²) in [6, 6.07) is 8.04. The van der Waals surface area contributed by atoms with Crippen molar-refractivity contribution >= 4 is 5.97 Å². The van der Waals surface area contributed by atoms with Crippen molar-refractivity contribution in [2.24, 2.45) is 0 Å². The fourth-order valence-corrected chi connectivity index (χ4v) is 2.03. The number of carboxylic acid groups (broad SMARTS) is 1. The lowest BCUT2D eigenvalue weighted by molar-refractivity contribution is -0.274. The highest BCUT2D eigenvalue weighted by Gasteiger charge is 2.31. The molecule has 0 saturated carbocycles. The lowest BCUT2D eigenvalue weighted by Crippen LogP contribution is -2.17. The number of carboxylic acids is 1. The average molecular weight is 330 g/mol. The van der Waals surface area contributed by atoms with Crippen molar-refractivity contribution in [3.05, 3.63) is 53.8 Å². The van der Waals surface area contributed by atoms with Gasteiger partial charge in [0.25, 0.3) is 0 Å². The van der Waals surface area contributed by atoms with Crippen LogP contribution in [0.4, 0.5) is 17.6 Å². The number of halogens is 4. The summed E-state index contributed by atoms with van der Waals surface area (Å²) in [6.45, 7) is 0. The summed E-state index contributed by atoms with van der Waals surface area (Å²) in [5, 5.41) is 18.5. The number of aliphatic hydroxyl groups excluding tert-OH is 1. The van der Waals surface area contributed by atoms with Gasteiger partial charge in [-0.15, -0.1) is 13.2 Å². The topological polar surface area (TPSA) is 66.8 Å². The predicted octanol–water partition coefficient (Wildman–Crippen LogP) is 3.51. The van der Waals surface area contributed by atoms with E-state index in [4.69, 9.17) is 5.11 Å². The summed E-state index contributed by atoms with van der Waals surface area (Å²) in [5.41, 5.74) is -0.183. The average Bonchev–Trinajstić information content (AvgIpc) is 2.45. The van der Waals surface area contributed by atoms with E-state index in [1.807, 2.05) is 0 Å². The minimum Gasteiger partial charge on any atom is -0.479 e. The maximum Gasteiger partial charge on any atom is 0.573 e. The van der Waals surface area contributed by atoms with Crippen LogP contribution in [0.15, 0.2) is 42.5 Å². The highest BCUT2D eigenvalue weighted by molar-refractivity contribution is 5.79. The number of aliphatic hydroxyl groups is 1. The second kappa shape index (κ2) is 6.25. The molecule has 122 valence electrons. The quantitative estimate of drug-likeness (QED) is 0.842. The maximum absolute atomic E-state index is 13.9. The number of rotatable bonds is 4. The Morgan fingerprint density at radius 3 is 2.22 bits per heavy atom. The van der Waals surface area contributed by atoms with Crippen molar-refractivity contribution in [2.75, 3.05) is 0 Å². The van der Waals surface area contributed by atoms with Crippen LogP contribution in [0.25, 0.3) is 11.1 Å². The lowest BCUT2D eigenvalue weighted by Gasteiger charge is -2.14. The summed E-state index contributed by atoms with van der Waals surface area (Å²) < 4.78 is 53.9. The van der Waals surface area contributed by atoms with Gasteiger partial charge in [-0.05, 0) is 29.3 Å².